The fraction of sp³-hybridized carbons (Fsp3) is 0.235. The summed E-state index contributed by atoms with van der Waals surface area (Å²) in [6.07, 6.45) is 1.29. The molecule has 1 aromatic heterocycles. The summed E-state index contributed by atoms with van der Waals surface area (Å²) in [5.41, 5.74) is 5.60. The summed E-state index contributed by atoms with van der Waals surface area (Å²) < 4.78 is 5.47. The second-order valence-corrected chi connectivity index (χ2v) is 6.28. The van der Waals surface area contributed by atoms with Crippen molar-refractivity contribution in [1.29, 1.82) is 5.26 Å². The van der Waals surface area contributed by atoms with E-state index in [2.05, 4.69) is 15.5 Å². The monoisotopic (exact) mass is 366 g/mol. The Labute approximate surface area is 152 Å². The van der Waals surface area contributed by atoms with Crippen LogP contribution in [0.5, 0.6) is 5.88 Å². The van der Waals surface area contributed by atoms with Crippen LogP contribution in [0.15, 0.2) is 29.7 Å². The van der Waals surface area contributed by atoms with Gasteiger partial charge in [0.05, 0.1) is 10.5 Å². The Morgan fingerprint density at radius 3 is 2.93 bits per heavy atom. The van der Waals surface area contributed by atoms with Crippen LogP contribution in [0.3, 0.4) is 0 Å². The van der Waals surface area contributed by atoms with Crippen molar-refractivity contribution in [2.45, 2.75) is 25.2 Å². The van der Waals surface area contributed by atoms with Gasteiger partial charge in [-0.15, -0.1) is 5.10 Å². The molecule has 0 saturated carbocycles. The molecule has 136 valence electrons. The Bertz CT molecular complexity index is 1080. The van der Waals surface area contributed by atoms with Crippen molar-refractivity contribution >= 4 is 17.3 Å². The quantitative estimate of drug-likeness (QED) is 0.549. The normalized spacial score (nSPS) is 19.9. The molecule has 4 rings (SSSR count). The van der Waals surface area contributed by atoms with Gasteiger partial charge in [0.2, 0.25) is 17.7 Å². The van der Waals surface area contributed by atoms with Gasteiger partial charge in [-0.05, 0) is 12.5 Å². The molecule has 10 nitrogen and oxygen atoms in total. The Kier molecular flexibility index (Phi) is 3.42. The first-order chi connectivity index (χ1) is 12.9. The number of ether oxygens (including phenoxy) is 1. The van der Waals surface area contributed by atoms with Gasteiger partial charge in [0.15, 0.2) is 0 Å². The molecule has 0 aliphatic carbocycles. The van der Waals surface area contributed by atoms with E-state index in [1.54, 1.807) is 0 Å². The van der Waals surface area contributed by atoms with Crippen LogP contribution < -0.4 is 15.8 Å². The van der Waals surface area contributed by atoms with Crippen molar-refractivity contribution < 1.29 is 14.5 Å². The number of hydrogen-bond acceptors (Lipinski definition) is 7. The lowest BCUT2D eigenvalue weighted by molar-refractivity contribution is -0.384. The lowest BCUT2D eigenvalue weighted by atomic mass is 9.68. The average Bonchev–Trinajstić information content (AvgIpc) is 3.15. The van der Waals surface area contributed by atoms with Crippen LogP contribution >= 0.6 is 0 Å². The predicted molar refractivity (Wildman–Crippen MR) is 92.5 cm³/mol. The first-order valence-corrected chi connectivity index (χ1v) is 8.21. The number of amides is 1. The van der Waals surface area contributed by atoms with Crippen molar-refractivity contribution in [1.82, 2.24) is 10.2 Å². The number of nitro benzene ring substituents is 1. The number of hydrogen-bond donors (Lipinski definition) is 3. The lowest BCUT2D eigenvalue weighted by Gasteiger charge is -2.31. The molecule has 4 N–H and O–H groups in total. The third kappa shape index (κ3) is 1.99. The number of carbonyl (C=O) groups is 1. The second kappa shape index (κ2) is 5.57. The van der Waals surface area contributed by atoms with E-state index in [9.17, 15) is 20.2 Å². The van der Waals surface area contributed by atoms with Gasteiger partial charge >= 0.3 is 0 Å². The summed E-state index contributed by atoms with van der Waals surface area (Å²) in [4.78, 5) is 23.9. The van der Waals surface area contributed by atoms with Crippen molar-refractivity contribution in [3.05, 3.63) is 56.6 Å². The zero-order valence-electron chi connectivity index (χ0n) is 14.2. The van der Waals surface area contributed by atoms with Gasteiger partial charge in [0.25, 0.3) is 5.69 Å². The number of nitriles is 1. The van der Waals surface area contributed by atoms with Gasteiger partial charge in [-0.25, -0.2) is 0 Å². The van der Waals surface area contributed by atoms with E-state index in [1.165, 1.54) is 18.2 Å². The van der Waals surface area contributed by atoms with E-state index in [4.69, 9.17) is 10.5 Å². The highest BCUT2D eigenvalue weighted by Crippen LogP contribution is 2.54. The van der Waals surface area contributed by atoms with E-state index >= 15 is 0 Å². The van der Waals surface area contributed by atoms with Gasteiger partial charge in [-0.2, -0.15) is 5.26 Å². The molecule has 1 unspecified atom stereocenters. The fourth-order valence-electron chi connectivity index (χ4n) is 3.75. The maximum atomic E-state index is 13.2. The van der Waals surface area contributed by atoms with E-state index in [0.717, 1.165) is 6.42 Å². The molecule has 1 amide bonds. The summed E-state index contributed by atoms with van der Waals surface area (Å²) >= 11 is 0. The summed E-state index contributed by atoms with van der Waals surface area (Å²) in [6.45, 7) is 1.95. The first-order valence-electron chi connectivity index (χ1n) is 8.21. The minimum absolute atomic E-state index is 0.0875. The zero-order valence-corrected chi connectivity index (χ0v) is 14.2. The lowest BCUT2D eigenvalue weighted by Crippen LogP contribution is -2.42. The molecule has 0 bridgehead atoms. The third-order valence-corrected chi connectivity index (χ3v) is 4.83. The molecule has 0 fully saturated rings. The zero-order chi connectivity index (χ0) is 19.3. The number of anilines is 1. The van der Waals surface area contributed by atoms with Crippen molar-refractivity contribution in [3.63, 3.8) is 0 Å². The highest BCUT2D eigenvalue weighted by molar-refractivity contribution is 6.13. The molecular weight excluding hydrogens is 352 g/mol. The fourth-order valence-corrected chi connectivity index (χ4v) is 3.75. The Balaban J connectivity index is 2.12. The molecular formula is C17H14N6O4. The number of H-pyrrole nitrogens is 1. The van der Waals surface area contributed by atoms with Gasteiger partial charge in [-0.1, -0.05) is 13.3 Å². The van der Waals surface area contributed by atoms with Crippen LogP contribution in [0.2, 0.25) is 0 Å². The number of nitrogens with one attached hydrogen (secondary N) is 2. The average molecular weight is 366 g/mol. The van der Waals surface area contributed by atoms with Crippen molar-refractivity contribution in [3.8, 4) is 11.9 Å². The molecule has 0 radical (unpaired) electrons. The minimum Gasteiger partial charge on any atom is -0.420 e. The predicted octanol–water partition coefficient (Wildman–Crippen LogP) is 1.59. The van der Waals surface area contributed by atoms with E-state index in [-0.39, 0.29) is 28.6 Å². The van der Waals surface area contributed by atoms with E-state index in [1.807, 2.05) is 13.0 Å². The minimum atomic E-state index is -1.65. The first kappa shape index (κ1) is 16.6. The SMILES string of the molecule is CCCc1[nH]nc2c1C1(C(=O)Nc3ccc([N+](=O)[O-])cc31)C(C#N)=C(N)O2. The maximum absolute atomic E-state index is 13.2. The molecule has 1 aromatic carbocycles. The Hall–Kier alpha value is -3.87. The highest BCUT2D eigenvalue weighted by Gasteiger charge is 2.58. The van der Waals surface area contributed by atoms with Crippen LogP contribution in [0.1, 0.15) is 30.2 Å². The molecule has 10 heteroatoms. The number of benzene rings is 1. The Morgan fingerprint density at radius 1 is 1.48 bits per heavy atom. The summed E-state index contributed by atoms with van der Waals surface area (Å²) in [6, 6.07) is 5.99. The van der Waals surface area contributed by atoms with Crippen LogP contribution in [0.4, 0.5) is 11.4 Å². The summed E-state index contributed by atoms with van der Waals surface area (Å²) in [7, 11) is 0. The summed E-state index contributed by atoms with van der Waals surface area (Å²) in [5.74, 6) is -0.695. The third-order valence-electron chi connectivity index (χ3n) is 4.83. The number of fused-ring (bicyclic) bond motifs is 4. The molecule has 27 heavy (non-hydrogen) atoms. The van der Waals surface area contributed by atoms with E-state index in [0.29, 0.717) is 23.4 Å². The standard InChI is InChI=1S/C17H14N6O4/c1-2-3-12-13-15(22-21-12)27-14(19)10(7-18)17(13)9-6-8(23(25)26)4-5-11(9)20-16(17)24/h4-6H,2-3,19H2,1H3,(H,20,24)(H,21,22). The molecule has 0 saturated heterocycles. The van der Waals surface area contributed by atoms with Crippen molar-refractivity contribution in [2.24, 2.45) is 5.73 Å². The van der Waals surface area contributed by atoms with Gasteiger partial charge in [0, 0.05) is 29.1 Å². The molecule has 2 aliphatic heterocycles. The molecule has 1 atom stereocenters. The number of nitrogens with two attached hydrogens (primary N) is 1. The van der Waals surface area contributed by atoms with Gasteiger partial charge in [0.1, 0.15) is 17.1 Å². The molecule has 3 heterocycles. The largest absolute Gasteiger partial charge is 0.420 e. The maximum Gasteiger partial charge on any atom is 0.269 e. The van der Waals surface area contributed by atoms with Crippen molar-refractivity contribution in [2.75, 3.05) is 5.32 Å². The van der Waals surface area contributed by atoms with Gasteiger partial charge in [-0.3, -0.25) is 20.0 Å². The number of non-ortho nitro benzene ring substituents is 1. The topological polar surface area (TPSA) is 160 Å². The van der Waals surface area contributed by atoms with Crippen LogP contribution in [0, 0.1) is 21.4 Å². The smallest absolute Gasteiger partial charge is 0.269 e. The number of carbonyl (C=O) groups excluding carboxylic acids is 1. The molecule has 1 spiro atoms. The number of nitrogens with zero attached hydrogens (tertiary/aromatic N) is 3. The number of aromatic nitrogens is 2. The number of rotatable bonds is 3. The summed E-state index contributed by atoms with van der Waals surface area (Å²) in [5, 5.41) is 30.7. The van der Waals surface area contributed by atoms with Crippen LogP contribution in [0.25, 0.3) is 0 Å². The van der Waals surface area contributed by atoms with Gasteiger partial charge < -0.3 is 15.8 Å². The highest BCUT2D eigenvalue weighted by atomic mass is 16.6. The molecule has 2 aromatic rings. The Morgan fingerprint density at radius 2 is 2.26 bits per heavy atom. The van der Waals surface area contributed by atoms with E-state index < -0.39 is 16.2 Å². The van der Waals surface area contributed by atoms with Crippen LogP contribution in [-0.2, 0) is 16.6 Å². The second-order valence-electron chi connectivity index (χ2n) is 6.28. The number of aromatic amines is 1. The van der Waals surface area contributed by atoms with Crippen LogP contribution in [-0.4, -0.2) is 21.0 Å². The number of nitro groups is 1. The number of aryl methyl sites for hydroxylation is 1. The molecule has 2 aliphatic rings.